The number of alkyl halides is 3. The van der Waals surface area contributed by atoms with Gasteiger partial charge in [-0.3, -0.25) is 4.79 Å². The van der Waals surface area contributed by atoms with Crippen molar-refractivity contribution in [1.29, 1.82) is 0 Å². The van der Waals surface area contributed by atoms with Gasteiger partial charge in [0, 0.05) is 29.7 Å². The molecule has 2 heterocycles. The van der Waals surface area contributed by atoms with Gasteiger partial charge in [-0.15, -0.1) is 10.2 Å². The molecule has 6 nitrogen and oxygen atoms in total. The van der Waals surface area contributed by atoms with Crippen molar-refractivity contribution in [2.45, 2.75) is 37.6 Å². The van der Waals surface area contributed by atoms with E-state index in [0.717, 1.165) is 10.5 Å². The summed E-state index contributed by atoms with van der Waals surface area (Å²) < 4.78 is 40.5. The lowest BCUT2D eigenvalue weighted by Crippen LogP contribution is -2.57. The maximum atomic E-state index is 12.9. The molecule has 1 aromatic carbocycles. The predicted octanol–water partition coefficient (Wildman–Crippen LogP) is 3.08. The standard InChI is InChI=1S/C17H18ClF3N4O2/c1-16(27,17(19,20)21)15(26)24-8-6-13(7-9-24)25-10-22-23-14(25)11-2-4-12(18)5-3-11/h2-5,10,13,27H,6-9H2,1H3/t16-/m1/s1. The first kappa shape index (κ1) is 19.6. The first-order chi connectivity index (χ1) is 12.6. The Morgan fingerprint density at radius 3 is 2.37 bits per heavy atom. The lowest BCUT2D eigenvalue weighted by molar-refractivity contribution is -0.250. The average molecular weight is 403 g/mol. The second-order valence-electron chi connectivity index (χ2n) is 6.66. The fourth-order valence-electron chi connectivity index (χ4n) is 3.09. The highest BCUT2D eigenvalue weighted by Gasteiger charge is 2.57. The van der Waals surface area contributed by atoms with Crippen LogP contribution in [-0.2, 0) is 4.79 Å². The summed E-state index contributed by atoms with van der Waals surface area (Å²) in [5.74, 6) is -0.700. The summed E-state index contributed by atoms with van der Waals surface area (Å²) in [4.78, 5) is 13.1. The van der Waals surface area contributed by atoms with E-state index >= 15 is 0 Å². The largest absolute Gasteiger partial charge is 0.426 e. The van der Waals surface area contributed by atoms with Crippen LogP contribution in [0.2, 0.25) is 5.02 Å². The molecule has 0 radical (unpaired) electrons. The molecule has 1 aliphatic heterocycles. The van der Waals surface area contributed by atoms with E-state index in [1.54, 1.807) is 18.5 Å². The van der Waals surface area contributed by atoms with Crippen LogP contribution in [0.5, 0.6) is 0 Å². The number of hydrogen-bond donors (Lipinski definition) is 1. The Balaban J connectivity index is 1.71. The lowest BCUT2D eigenvalue weighted by atomic mass is 9.99. The maximum Gasteiger partial charge on any atom is 0.426 e. The van der Waals surface area contributed by atoms with Gasteiger partial charge in [-0.25, -0.2) is 0 Å². The van der Waals surface area contributed by atoms with E-state index in [1.807, 2.05) is 16.7 Å². The highest BCUT2D eigenvalue weighted by atomic mass is 35.5. The molecule has 2 aromatic rings. The van der Waals surface area contributed by atoms with Crippen LogP contribution in [0.1, 0.15) is 25.8 Å². The highest BCUT2D eigenvalue weighted by molar-refractivity contribution is 6.30. The average Bonchev–Trinajstić information content (AvgIpc) is 3.10. The minimum absolute atomic E-state index is 0.0643. The molecule has 1 N–H and O–H groups in total. The SMILES string of the molecule is C[C@@](O)(C(=O)N1CCC(n2cnnc2-c2ccc(Cl)cc2)CC1)C(F)(F)F. The number of nitrogens with zero attached hydrogens (tertiary/aromatic N) is 4. The molecule has 1 fully saturated rings. The summed E-state index contributed by atoms with van der Waals surface area (Å²) in [5.41, 5.74) is -2.57. The minimum atomic E-state index is -5.02. The summed E-state index contributed by atoms with van der Waals surface area (Å²) in [5, 5.41) is 18.2. The second kappa shape index (κ2) is 7.12. The molecular formula is C17H18ClF3N4O2. The predicted molar refractivity (Wildman–Crippen MR) is 92.0 cm³/mol. The van der Waals surface area contributed by atoms with Crippen LogP contribution in [-0.4, -0.2) is 55.5 Å². The third kappa shape index (κ3) is 3.79. The van der Waals surface area contributed by atoms with E-state index in [4.69, 9.17) is 11.6 Å². The van der Waals surface area contributed by atoms with Gasteiger partial charge in [0.05, 0.1) is 0 Å². The zero-order valence-electron chi connectivity index (χ0n) is 14.4. The number of amides is 1. The van der Waals surface area contributed by atoms with Gasteiger partial charge in [0.1, 0.15) is 6.33 Å². The zero-order chi connectivity index (χ0) is 19.8. The molecule has 10 heteroatoms. The number of hydrogen-bond acceptors (Lipinski definition) is 4. The van der Waals surface area contributed by atoms with Gasteiger partial charge in [-0.1, -0.05) is 11.6 Å². The van der Waals surface area contributed by atoms with Gasteiger partial charge < -0.3 is 14.6 Å². The van der Waals surface area contributed by atoms with Crippen molar-refractivity contribution in [3.8, 4) is 11.4 Å². The van der Waals surface area contributed by atoms with E-state index in [9.17, 15) is 23.1 Å². The number of benzene rings is 1. The summed E-state index contributed by atoms with van der Waals surface area (Å²) in [6, 6.07) is 7.02. The molecule has 146 valence electrons. The van der Waals surface area contributed by atoms with Crippen molar-refractivity contribution >= 4 is 17.5 Å². The molecule has 0 spiro atoms. The second-order valence-corrected chi connectivity index (χ2v) is 7.10. The van der Waals surface area contributed by atoms with Crippen molar-refractivity contribution in [3.05, 3.63) is 35.6 Å². The highest BCUT2D eigenvalue weighted by Crippen LogP contribution is 2.34. The van der Waals surface area contributed by atoms with Crippen molar-refractivity contribution < 1.29 is 23.1 Å². The van der Waals surface area contributed by atoms with Crippen LogP contribution < -0.4 is 0 Å². The Labute approximate surface area is 158 Å². The Hall–Kier alpha value is -2.13. The molecule has 0 bridgehead atoms. The van der Waals surface area contributed by atoms with Gasteiger partial charge >= 0.3 is 6.18 Å². The van der Waals surface area contributed by atoms with Crippen LogP contribution in [0.25, 0.3) is 11.4 Å². The lowest BCUT2D eigenvalue weighted by Gasteiger charge is -2.37. The van der Waals surface area contributed by atoms with Crippen LogP contribution in [0, 0.1) is 0 Å². The molecule has 1 amide bonds. The van der Waals surface area contributed by atoms with Crippen molar-refractivity contribution in [1.82, 2.24) is 19.7 Å². The van der Waals surface area contributed by atoms with E-state index in [1.165, 1.54) is 0 Å². The molecule has 0 unspecified atom stereocenters. The fourth-order valence-corrected chi connectivity index (χ4v) is 3.22. The van der Waals surface area contributed by atoms with Crippen molar-refractivity contribution in [2.75, 3.05) is 13.1 Å². The molecule has 0 aliphatic carbocycles. The first-order valence-corrected chi connectivity index (χ1v) is 8.73. The van der Waals surface area contributed by atoms with E-state index in [2.05, 4.69) is 10.2 Å². The van der Waals surface area contributed by atoms with Crippen LogP contribution in [0.4, 0.5) is 13.2 Å². The number of carbonyl (C=O) groups is 1. The number of carbonyl (C=O) groups excluding carboxylic acids is 1. The Morgan fingerprint density at radius 2 is 1.81 bits per heavy atom. The van der Waals surface area contributed by atoms with Crippen LogP contribution >= 0.6 is 11.6 Å². The van der Waals surface area contributed by atoms with Gasteiger partial charge in [0.25, 0.3) is 5.91 Å². The third-order valence-electron chi connectivity index (χ3n) is 4.79. The Bertz CT molecular complexity index is 812. The molecular weight excluding hydrogens is 385 g/mol. The molecule has 0 saturated carbocycles. The summed E-state index contributed by atoms with van der Waals surface area (Å²) >= 11 is 5.90. The minimum Gasteiger partial charge on any atom is -0.373 e. The van der Waals surface area contributed by atoms with Crippen LogP contribution in [0.15, 0.2) is 30.6 Å². The van der Waals surface area contributed by atoms with E-state index in [-0.39, 0.29) is 19.1 Å². The smallest absolute Gasteiger partial charge is 0.373 e. The molecule has 1 atom stereocenters. The van der Waals surface area contributed by atoms with Crippen LogP contribution in [0.3, 0.4) is 0 Å². The number of aliphatic hydroxyl groups is 1. The molecule has 1 saturated heterocycles. The number of aromatic nitrogens is 3. The quantitative estimate of drug-likeness (QED) is 0.856. The maximum absolute atomic E-state index is 12.9. The number of likely N-dealkylation sites (tertiary alicyclic amines) is 1. The molecule has 27 heavy (non-hydrogen) atoms. The van der Waals surface area contributed by atoms with Crippen molar-refractivity contribution in [2.24, 2.45) is 0 Å². The summed E-state index contributed by atoms with van der Waals surface area (Å²) in [6.45, 7) is 0.696. The summed E-state index contributed by atoms with van der Waals surface area (Å²) in [7, 11) is 0. The van der Waals surface area contributed by atoms with Gasteiger partial charge in [-0.05, 0) is 44.0 Å². The number of rotatable bonds is 3. The number of halogens is 4. The molecule has 3 rings (SSSR count). The third-order valence-corrected chi connectivity index (χ3v) is 5.04. The van der Waals surface area contributed by atoms with Crippen molar-refractivity contribution in [3.63, 3.8) is 0 Å². The first-order valence-electron chi connectivity index (χ1n) is 8.35. The van der Waals surface area contributed by atoms with E-state index in [0.29, 0.717) is 30.6 Å². The molecule has 1 aliphatic rings. The van der Waals surface area contributed by atoms with Gasteiger partial charge in [0.15, 0.2) is 5.82 Å². The number of piperidine rings is 1. The summed E-state index contributed by atoms with van der Waals surface area (Å²) in [6.07, 6.45) is -2.59. The van der Waals surface area contributed by atoms with Gasteiger partial charge in [-0.2, -0.15) is 13.2 Å². The topological polar surface area (TPSA) is 71.2 Å². The van der Waals surface area contributed by atoms with E-state index < -0.39 is 17.7 Å². The fraction of sp³-hybridized carbons (Fsp3) is 0.471. The van der Waals surface area contributed by atoms with Gasteiger partial charge in [0.2, 0.25) is 5.60 Å². The monoisotopic (exact) mass is 402 g/mol. The molecule has 1 aromatic heterocycles. The zero-order valence-corrected chi connectivity index (χ0v) is 15.2. The normalized spacial score (nSPS) is 18.4. The Morgan fingerprint density at radius 1 is 1.22 bits per heavy atom. The Kier molecular flexibility index (Phi) is 5.18.